The van der Waals surface area contributed by atoms with Crippen LogP contribution < -0.4 is 5.73 Å². The van der Waals surface area contributed by atoms with Gasteiger partial charge in [-0.1, -0.05) is 29.8 Å². The summed E-state index contributed by atoms with van der Waals surface area (Å²) in [7, 11) is 2.14. The number of benzene rings is 1. The maximum atomic E-state index is 5.97. The Morgan fingerprint density at radius 3 is 2.53 bits per heavy atom. The SMILES string of the molecule is Cc1ccc(CN(C)C(CN)C2CCC(C)O2)cc1. The minimum absolute atomic E-state index is 0.287. The molecule has 0 aromatic heterocycles. The smallest absolute Gasteiger partial charge is 0.0747 e. The van der Waals surface area contributed by atoms with E-state index in [0.717, 1.165) is 19.4 Å². The molecule has 2 rings (SSSR count). The number of likely N-dealkylation sites (N-methyl/N-ethyl adjacent to an activating group) is 1. The van der Waals surface area contributed by atoms with Gasteiger partial charge in [0.05, 0.1) is 12.2 Å². The molecular weight excluding hydrogens is 236 g/mol. The Morgan fingerprint density at radius 2 is 2.00 bits per heavy atom. The van der Waals surface area contributed by atoms with Crippen LogP contribution in [0.2, 0.25) is 0 Å². The molecule has 1 aliphatic heterocycles. The Bertz CT molecular complexity index is 390. The van der Waals surface area contributed by atoms with Gasteiger partial charge in [0.2, 0.25) is 0 Å². The third-order valence-electron chi connectivity index (χ3n) is 4.05. The van der Waals surface area contributed by atoms with Crippen molar-refractivity contribution in [3.05, 3.63) is 35.4 Å². The average molecular weight is 262 g/mol. The summed E-state index contributed by atoms with van der Waals surface area (Å²) in [5, 5.41) is 0. The van der Waals surface area contributed by atoms with E-state index in [2.05, 4.69) is 50.1 Å². The van der Waals surface area contributed by atoms with Crippen molar-refractivity contribution in [1.82, 2.24) is 4.90 Å². The number of nitrogens with zero attached hydrogens (tertiary/aromatic N) is 1. The second-order valence-corrected chi connectivity index (χ2v) is 5.77. The molecule has 0 amide bonds. The van der Waals surface area contributed by atoms with Crippen molar-refractivity contribution in [1.29, 1.82) is 0 Å². The zero-order chi connectivity index (χ0) is 13.8. The van der Waals surface area contributed by atoms with Crippen molar-refractivity contribution in [2.75, 3.05) is 13.6 Å². The molecule has 0 bridgehead atoms. The van der Waals surface area contributed by atoms with Crippen molar-refractivity contribution in [2.24, 2.45) is 5.73 Å². The minimum Gasteiger partial charge on any atom is -0.374 e. The molecule has 19 heavy (non-hydrogen) atoms. The Kier molecular flexibility index (Phi) is 4.97. The molecular formula is C16H26N2O. The van der Waals surface area contributed by atoms with E-state index in [4.69, 9.17) is 10.5 Å². The van der Waals surface area contributed by atoms with Crippen LogP contribution in [0, 0.1) is 6.92 Å². The van der Waals surface area contributed by atoms with E-state index < -0.39 is 0 Å². The summed E-state index contributed by atoms with van der Waals surface area (Å²) in [6.07, 6.45) is 2.95. The summed E-state index contributed by atoms with van der Waals surface area (Å²) in [5.41, 5.74) is 8.59. The average Bonchev–Trinajstić information content (AvgIpc) is 2.80. The van der Waals surface area contributed by atoms with Crippen LogP contribution >= 0.6 is 0 Å². The van der Waals surface area contributed by atoms with E-state index in [1.54, 1.807) is 0 Å². The van der Waals surface area contributed by atoms with Crippen LogP contribution in [-0.4, -0.2) is 36.7 Å². The Labute approximate surface area is 116 Å². The number of aryl methyl sites for hydroxylation is 1. The number of nitrogens with two attached hydrogens (primary N) is 1. The van der Waals surface area contributed by atoms with Gasteiger partial charge < -0.3 is 10.5 Å². The van der Waals surface area contributed by atoms with Crippen LogP contribution in [0.5, 0.6) is 0 Å². The summed E-state index contributed by atoms with van der Waals surface area (Å²) < 4.78 is 5.97. The summed E-state index contributed by atoms with van der Waals surface area (Å²) in [6, 6.07) is 9.02. The Morgan fingerprint density at radius 1 is 1.32 bits per heavy atom. The highest BCUT2D eigenvalue weighted by atomic mass is 16.5. The molecule has 3 heteroatoms. The van der Waals surface area contributed by atoms with Crippen LogP contribution in [0.25, 0.3) is 0 Å². The molecule has 0 saturated carbocycles. The van der Waals surface area contributed by atoms with Crippen molar-refractivity contribution >= 4 is 0 Å². The van der Waals surface area contributed by atoms with E-state index in [-0.39, 0.29) is 6.10 Å². The third kappa shape index (κ3) is 3.78. The first kappa shape index (κ1) is 14.5. The van der Waals surface area contributed by atoms with Crippen molar-refractivity contribution in [3.8, 4) is 0 Å². The molecule has 106 valence electrons. The molecule has 0 radical (unpaired) electrons. The van der Waals surface area contributed by atoms with Crippen LogP contribution in [0.4, 0.5) is 0 Å². The van der Waals surface area contributed by atoms with Gasteiger partial charge in [0.25, 0.3) is 0 Å². The fraction of sp³-hybridized carbons (Fsp3) is 0.625. The lowest BCUT2D eigenvalue weighted by atomic mass is 10.0. The van der Waals surface area contributed by atoms with Gasteiger partial charge in [-0.2, -0.15) is 0 Å². The van der Waals surface area contributed by atoms with E-state index in [0.29, 0.717) is 18.7 Å². The first-order valence-corrected chi connectivity index (χ1v) is 7.21. The van der Waals surface area contributed by atoms with Gasteiger partial charge in [-0.15, -0.1) is 0 Å². The molecule has 1 fully saturated rings. The van der Waals surface area contributed by atoms with Gasteiger partial charge in [0.1, 0.15) is 0 Å². The summed E-state index contributed by atoms with van der Waals surface area (Å²) in [5.74, 6) is 0. The molecule has 1 saturated heterocycles. The summed E-state index contributed by atoms with van der Waals surface area (Å²) in [4.78, 5) is 2.33. The summed E-state index contributed by atoms with van der Waals surface area (Å²) >= 11 is 0. The first-order valence-electron chi connectivity index (χ1n) is 7.21. The standard InChI is InChI=1S/C16H26N2O/c1-12-4-7-14(8-5-12)11-18(3)15(10-17)16-9-6-13(2)19-16/h4-5,7-8,13,15-16H,6,9-11,17H2,1-3H3. The lowest BCUT2D eigenvalue weighted by Gasteiger charge is -2.31. The lowest BCUT2D eigenvalue weighted by Crippen LogP contribution is -2.46. The Balaban J connectivity index is 1.96. The highest BCUT2D eigenvalue weighted by Crippen LogP contribution is 2.24. The van der Waals surface area contributed by atoms with Crippen LogP contribution in [-0.2, 0) is 11.3 Å². The van der Waals surface area contributed by atoms with Gasteiger partial charge in [0.15, 0.2) is 0 Å². The largest absolute Gasteiger partial charge is 0.374 e. The normalized spacial score (nSPS) is 24.9. The van der Waals surface area contributed by atoms with Gasteiger partial charge in [-0.25, -0.2) is 0 Å². The van der Waals surface area contributed by atoms with Gasteiger partial charge >= 0.3 is 0 Å². The third-order valence-corrected chi connectivity index (χ3v) is 4.05. The topological polar surface area (TPSA) is 38.5 Å². The molecule has 2 N–H and O–H groups in total. The molecule has 1 aromatic rings. The zero-order valence-electron chi connectivity index (χ0n) is 12.3. The van der Waals surface area contributed by atoms with E-state index in [1.807, 2.05) is 0 Å². The van der Waals surface area contributed by atoms with E-state index in [9.17, 15) is 0 Å². The maximum absolute atomic E-state index is 5.97. The maximum Gasteiger partial charge on any atom is 0.0747 e. The molecule has 3 unspecified atom stereocenters. The van der Waals surface area contributed by atoms with Crippen LogP contribution in [0.3, 0.4) is 0 Å². The van der Waals surface area contributed by atoms with Gasteiger partial charge in [-0.05, 0) is 39.3 Å². The Hall–Kier alpha value is -0.900. The molecule has 3 nitrogen and oxygen atoms in total. The van der Waals surface area contributed by atoms with E-state index in [1.165, 1.54) is 11.1 Å². The molecule has 0 aliphatic carbocycles. The van der Waals surface area contributed by atoms with Crippen molar-refractivity contribution < 1.29 is 4.74 Å². The van der Waals surface area contributed by atoms with E-state index >= 15 is 0 Å². The highest BCUT2D eigenvalue weighted by Gasteiger charge is 2.31. The molecule has 1 aromatic carbocycles. The minimum atomic E-state index is 0.287. The zero-order valence-corrected chi connectivity index (χ0v) is 12.3. The fourth-order valence-corrected chi connectivity index (χ4v) is 2.83. The number of hydrogen-bond donors (Lipinski definition) is 1. The lowest BCUT2D eigenvalue weighted by molar-refractivity contribution is 0.000841. The predicted octanol–water partition coefficient (Wildman–Crippen LogP) is 2.32. The first-order chi connectivity index (χ1) is 9.10. The van der Waals surface area contributed by atoms with Gasteiger partial charge in [0, 0.05) is 19.1 Å². The summed E-state index contributed by atoms with van der Waals surface area (Å²) in [6.45, 7) is 5.84. The molecule has 1 heterocycles. The second-order valence-electron chi connectivity index (χ2n) is 5.77. The van der Waals surface area contributed by atoms with Crippen molar-refractivity contribution in [3.63, 3.8) is 0 Å². The highest BCUT2D eigenvalue weighted by molar-refractivity contribution is 5.21. The monoisotopic (exact) mass is 262 g/mol. The van der Waals surface area contributed by atoms with Crippen LogP contribution in [0.1, 0.15) is 30.9 Å². The molecule has 3 atom stereocenters. The van der Waals surface area contributed by atoms with Gasteiger partial charge in [-0.3, -0.25) is 4.90 Å². The molecule has 1 aliphatic rings. The fourth-order valence-electron chi connectivity index (χ4n) is 2.83. The quantitative estimate of drug-likeness (QED) is 0.885. The number of hydrogen-bond acceptors (Lipinski definition) is 3. The number of ether oxygens (including phenoxy) is 1. The predicted molar refractivity (Wildman–Crippen MR) is 79.1 cm³/mol. The van der Waals surface area contributed by atoms with Crippen LogP contribution in [0.15, 0.2) is 24.3 Å². The molecule has 0 spiro atoms. The van der Waals surface area contributed by atoms with Crippen molar-refractivity contribution in [2.45, 2.75) is 51.5 Å². The second kappa shape index (κ2) is 6.51. The number of rotatable bonds is 5.